The molecule has 7 heteroatoms. The third-order valence-corrected chi connectivity index (χ3v) is 4.66. The monoisotopic (exact) mass is 237 g/mol. The number of aliphatic hydroxyl groups excluding tert-OH is 1. The van der Waals surface area contributed by atoms with Gasteiger partial charge in [0.25, 0.3) is 0 Å². The van der Waals surface area contributed by atoms with Crippen molar-refractivity contribution >= 4 is 16.0 Å². The van der Waals surface area contributed by atoms with Gasteiger partial charge < -0.3 is 10.2 Å². The highest BCUT2D eigenvalue weighted by atomic mass is 32.2. The van der Waals surface area contributed by atoms with Crippen molar-refractivity contribution in [3.63, 3.8) is 0 Å². The SMILES string of the molecule is CC(C(=O)O)S(=O)(=O)N1CCC[C@H](O)C1. The van der Waals surface area contributed by atoms with Crippen LogP contribution in [0.4, 0.5) is 0 Å². The molecular weight excluding hydrogens is 222 g/mol. The van der Waals surface area contributed by atoms with Crippen molar-refractivity contribution in [2.24, 2.45) is 0 Å². The van der Waals surface area contributed by atoms with E-state index in [1.165, 1.54) is 0 Å². The molecule has 1 saturated heterocycles. The van der Waals surface area contributed by atoms with Gasteiger partial charge in [0.15, 0.2) is 5.25 Å². The number of carboxylic acids is 1. The second-order valence-electron chi connectivity index (χ2n) is 3.68. The molecule has 0 aromatic carbocycles. The number of β-amino-alcohol motifs (C(OH)–C–C–N with tert-alkyl or cyclic N) is 1. The first-order valence-corrected chi connectivity index (χ1v) is 6.26. The lowest BCUT2D eigenvalue weighted by Crippen LogP contribution is -2.47. The molecule has 1 rings (SSSR count). The molecule has 15 heavy (non-hydrogen) atoms. The number of sulfonamides is 1. The molecule has 1 heterocycles. The third-order valence-electron chi connectivity index (χ3n) is 2.51. The van der Waals surface area contributed by atoms with Crippen LogP contribution in [0.2, 0.25) is 0 Å². The summed E-state index contributed by atoms with van der Waals surface area (Å²) in [6.07, 6.45) is 0.440. The molecule has 0 aromatic heterocycles. The number of hydrogen-bond acceptors (Lipinski definition) is 4. The van der Waals surface area contributed by atoms with Gasteiger partial charge in [0.2, 0.25) is 10.0 Å². The number of hydrogen-bond donors (Lipinski definition) is 2. The second kappa shape index (κ2) is 4.46. The lowest BCUT2D eigenvalue weighted by atomic mass is 10.1. The van der Waals surface area contributed by atoms with Crippen LogP contribution in [0.1, 0.15) is 19.8 Å². The van der Waals surface area contributed by atoms with Gasteiger partial charge in [-0.15, -0.1) is 0 Å². The van der Waals surface area contributed by atoms with Crippen LogP contribution in [0.5, 0.6) is 0 Å². The van der Waals surface area contributed by atoms with E-state index in [2.05, 4.69) is 0 Å². The minimum Gasteiger partial charge on any atom is -0.480 e. The van der Waals surface area contributed by atoms with E-state index in [-0.39, 0.29) is 13.1 Å². The number of piperidine rings is 1. The number of carboxylic acid groups (broad SMARTS) is 1. The van der Waals surface area contributed by atoms with Crippen LogP contribution in [-0.2, 0) is 14.8 Å². The van der Waals surface area contributed by atoms with Crippen molar-refractivity contribution < 1.29 is 23.4 Å². The minimum absolute atomic E-state index is 0.0000463. The largest absolute Gasteiger partial charge is 0.480 e. The highest BCUT2D eigenvalue weighted by Gasteiger charge is 2.36. The predicted molar refractivity (Wildman–Crippen MR) is 52.8 cm³/mol. The van der Waals surface area contributed by atoms with Crippen LogP contribution in [0, 0.1) is 0 Å². The maximum Gasteiger partial charge on any atom is 0.323 e. The summed E-state index contributed by atoms with van der Waals surface area (Å²) in [5.41, 5.74) is 0. The number of carbonyl (C=O) groups is 1. The topological polar surface area (TPSA) is 94.9 Å². The van der Waals surface area contributed by atoms with E-state index >= 15 is 0 Å². The van der Waals surface area contributed by atoms with Gasteiger partial charge in [-0.05, 0) is 19.8 Å². The number of rotatable bonds is 3. The molecule has 0 radical (unpaired) electrons. The van der Waals surface area contributed by atoms with Crippen LogP contribution in [0.15, 0.2) is 0 Å². The zero-order chi connectivity index (χ0) is 11.6. The van der Waals surface area contributed by atoms with E-state index in [9.17, 15) is 18.3 Å². The second-order valence-corrected chi connectivity index (χ2v) is 5.93. The van der Waals surface area contributed by atoms with Crippen LogP contribution >= 0.6 is 0 Å². The molecule has 1 aliphatic rings. The van der Waals surface area contributed by atoms with Gasteiger partial charge in [0, 0.05) is 13.1 Å². The third kappa shape index (κ3) is 2.67. The zero-order valence-electron chi connectivity index (χ0n) is 8.46. The molecule has 2 N–H and O–H groups in total. The van der Waals surface area contributed by atoms with E-state index in [0.29, 0.717) is 12.8 Å². The summed E-state index contributed by atoms with van der Waals surface area (Å²) in [4.78, 5) is 10.6. The number of nitrogens with zero attached hydrogens (tertiary/aromatic N) is 1. The molecule has 1 unspecified atom stereocenters. The van der Waals surface area contributed by atoms with E-state index < -0.39 is 27.3 Å². The van der Waals surface area contributed by atoms with Crippen molar-refractivity contribution in [3.05, 3.63) is 0 Å². The Balaban J connectivity index is 2.81. The molecule has 6 nitrogen and oxygen atoms in total. The molecule has 0 aliphatic carbocycles. The van der Waals surface area contributed by atoms with Crippen molar-refractivity contribution in [1.29, 1.82) is 0 Å². The zero-order valence-corrected chi connectivity index (χ0v) is 9.27. The molecule has 2 atom stereocenters. The summed E-state index contributed by atoms with van der Waals surface area (Å²) in [6, 6.07) is 0. The molecule has 88 valence electrons. The Hall–Kier alpha value is -0.660. The minimum atomic E-state index is -3.82. The summed E-state index contributed by atoms with van der Waals surface area (Å²) < 4.78 is 24.5. The van der Waals surface area contributed by atoms with Crippen molar-refractivity contribution in [1.82, 2.24) is 4.31 Å². The number of aliphatic carboxylic acids is 1. The highest BCUT2D eigenvalue weighted by molar-refractivity contribution is 7.90. The molecular formula is C8H15NO5S. The summed E-state index contributed by atoms with van der Waals surface area (Å²) in [6.45, 7) is 1.43. The quantitative estimate of drug-likeness (QED) is 0.673. The molecule has 1 fully saturated rings. The van der Waals surface area contributed by atoms with Crippen molar-refractivity contribution in [2.45, 2.75) is 31.1 Å². The van der Waals surface area contributed by atoms with E-state index in [1.54, 1.807) is 0 Å². The average molecular weight is 237 g/mol. The predicted octanol–water partition coefficient (Wildman–Crippen LogP) is -0.754. The Kier molecular flexibility index (Phi) is 3.69. The number of aliphatic hydroxyl groups is 1. The molecule has 0 amide bonds. The molecule has 0 saturated carbocycles. The van der Waals surface area contributed by atoms with E-state index in [4.69, 9.17) is 5.11 Å². The highest BCUT2D eigenvalue weighted by Crippen LogP contribution is 2.17. The lowest BCUT2D eigenvalue weighted by molar-refractivity contribution is -0.136. The fourth-order valence-corrected chi connectivity index (χ4v) is 2.97. The fourth-order valence-electron chi connectivity index (χ4n) is 1.50. The summed E-state index contributed by atoms with van der Waals surface area (Å²) in [5, 5.41) is 16.5. The first-order valence-electron chi connectivity index (χ1n) is 4.75. The van der Waals surface area contributed by atoms with Gasteiger partial charge in [0.05, 0.1) is 6.10 Å². The van der Waals surface area contributed by atoms with Crippen LogP contribution < -0.4 is 0 Å². The van der Waals surface area contributed by atoms with Crippen LogP contribution in [0.25, 0.3) is 0 Å². The first-order chi connectivity index (χ1) is 6.85. The fraction of sp³-hybridized carbons (Fsp3) is 0.875. The molecule has 0 aromatic rings. The Morgan fingerprint density at radius 1 is 1.53 bits per heavy atom. The maximum absolute atomic E-state index is 11.7. The van der Waals surface area contributed by atoms with Crippen molar-refractivity contribution in [2.75, 3.05) is 13.1 Å². The van der Waals surface area contributed by atoms with Gasteiger partial charge in [0.1, 0.15) is 0 Å². The Morgan fingerprint density at radius 2 is 2.13 bits per heavy atom. The van der Waals surface area contributed by atoms with Gasteiger partial charge in [-0.3, -0.25) is 4.79 Å². The van der Waals surface area contributed by atoms with E-state index in [1.807, 2.05) is 0 Å². The van der Waals surface area contributed by atoms with Gasteiger partial charge >= 0.3 is 5.97 Å². The molecule has 0 spiro atoms. The van der Waals surface area contributed by atoms with Crippen LogP contribution in [0.3, 0.4) is 0 Å². The lowest BCUT2D eigenvalue weighted by Gasteiger charge is -2.30. The van der Waals surface area contributed by atoms with Gasteiger partial charge in [-0.2, -0.15) is 4.31 Å². The molecule has 1 aliphatic heterocycles. The van der Waals surface area contributed by atoms with E-state index in [0.717, 1.165) is 11.2 Å². The summed E-state index contributed by atoms with van der Waals surface area (Å²) >= 11 is 0. The van der Waals surface area contributed by atoms with Crippen molar-refractivity contribution in [3.8, 4) is 0 Å². The molecule has 0 bridgehead atoms. The standard InChI is InChI=1S/C8H15NO5S/c1-6(8(11)12)15(13,14)9-4-2-3-7(10)5-9/h6-7,10H,2-5H2,1H3,(H,11,12)/t6?,7-/m0/s1. The summed E-state index contributed by atoms with van der Waals surface area (Å²) in [5.74, 6) is -1.37. The first kappa shape index (κ1) is 12.4. The average Bonchev–Trinajstić information content (AvgIpc) is 2.16. The smallest absolute Gasteiger partial charge is 0.323 e. The Labute approximate surface area is 88.6 Å². The normalized spacial score (nSPS) is 26.1. The van der Waals surface area contributed by atoms with Gasteiger partial charge in [-0.25, -0.2) is 8.42 Å². The van der Waals surface area contributed by atoms with Gasteiger partial charge in [-0.1, -0.05) is 0 Å². The Bertz CT molecular complexity index is 339. The maximum atomic E-state index is 11.7. The van der Waals surface area contributed by atoms with Crippen LogP contribution in [-0.4, -0.2) is 53.3 Å². The summed E-state index contributed by atoms with van der Waals surface area (Å²) in [7, 11) is -3.82. The Morgan fingerprint density at radius 3 is 2.60 bits per heavy atom.